The van der Waals surface area contributed by atoms with Crippen molar-refractivity contribution in [2.75, 3.05) is 20.3 Å². The lowest BCUT2D eigenvalue weighted by atomic mass is 10.1. The molecule has 174 valence electrons. The molecule has 1 aromatic heterocycles. The van der Waals surface area contributed by atoms with Gasteiger partial charge in [-0.15, -0.1) is 0 Å². The van der Waals surface area contributed by atoms with E-state index < -0.39 is 0 Å². The number of para-hydroxylation sites is 1. The molecule has 3 aromatic rings. The minimum atomic E-state index is 0.104. The van der Waals surface area contributed by atoms with Crippen LogP contribution in [0.4, 0.5) is 0 Å². The summed E-state index contributed by atoms with van der Waals surface area (Å²) in [5.74, 6) is 1.70. The Kier molecular flexibility index (Phi) is 7.45. The summed E-state index contributed by atoms with van der Waals surface area (Å²) in [7, 11) is 1.67. The number of ether oxygens (including phenoxy) is 2. The van der Waals surface area contributed by atoms with E-state index in [0.717, 1.165) is 53.9 Å². The number of rotatable bonds is 9. The normalized spacial score (nSPS) is 13.9. The molecule has 4 rings (SSSR count). The second kappa shape index (κ2) is 10.7. The standard InChI is InChI=1S/C27H33N3O3/c1-20-10-9-15-24(18-20)33-27-25(21(2)28-30(27)23-13-5-4-6-14-23)19-29(16-17-32-3)26(31)22-11-7-8-12-22/h4-6,9-10,13-15,18,22H,7-8,11-12,16-17,19H2,1-3H3. The number of hydrogen-bond donors (Lipinski definition) is 0. The molecular formula is C27H33N3O3. The van der Waals surface area contributed by atoms with Gasteiger partial charge in [-0.3, -0.25) is 4.79 Å². The number of benzene rings is 2. The van der Waals surface area contributed by atoms with E-state index in [4.69, 9.17) is 14.6 Å². The molecule has 33 heavy (non-hydrogen) atoms. The van der Waals surface area contributed by atoms with Gasteiger partial charge in [-0.1, -0.05) is 43.2 Å². The zero-order chi connectivity index (χ0) is 23.2. The molecule has 0 unspecified atom stereocenters. The topological polar surface area (TPSA) is 56.6 Å². The fraction of sp³-hybridized carbons (Fsp3) is 0.407. The lowest BCUT2D eigenvalue weighted by Crippen LogP contribution is -2.37. The Balaban J connectivity index is 1.72. The average molecular weight is 448 g/mol. The molecule has 1 fully saturated rings. The average Bonchev–Trinajstić information content (AvgIpc) is 3.46. The molecule has 0 radical (unpaired) electrons. The minimum absolute atomic E-state index is 0.104. The zero-order valence-corrected chi connectivity index (χ0v) is 19.8. The van der Waals surface area contributed by atoms with Gasteiger partial charge in [0.05, 0.1) is 30.1 Å². The van der Waals surface area contributed by atoms with Gasteiger partial charge in [0.2, 0.25) is 11.8 Å². The maximum absolute atomic E-state index is 13.4. The van der Waals surface area contributed by atoms with Gasteiger partial charge in [-0.2, -0.15) is 5.10 Å². The molecular weight excluding hydrogens is 414 g/mol. The number of aromatic nitrogens is 2. The maximum atomic E-state index is 13.4. The zero-order valence-electron chi connectivity index (χ0n) is 19.8. The number of hydrogen-bond acceptors (Lipinski definition) is 4. The smallest absolute Gasteiger partial charge is 0.227 e. The summed E-state index contributed by atoms with van der Waals surface area (Å²) in [4.78, 5) is 15.3. The van der Waals surface area contributed by atoms with Gasteiger partial charge in [0.25, 0.3) is 0 Å². The second-order valence-electron chi connectivity index (χ2n) is 8.77. The summed E-state index contributed by atoms with van der Waals surface area (Å²) in [6.07, 6.45) is 4.19. The summed E-state index contributed by atoms with van der Waals surface area (Å²) >= 11 is 0. The van der Waals surface area contributed by atoms with E-state index in [9.17, 15) is 4.79 Å². The summed E-state index contributed by atoms with van der Waals surface area (Å²) in [5, 5.41) is 4.81. The van der Waals surface area contributed by atoms with Gasteiger partial charge in [0, 0.05) is 19.6 Å². The molecule has 1 aliphatic carbocycles. The predicted molar refractivity (Wildman–Crippen MR) is 129 cm³/mol. The lowest BCUT2D eigenvalue weighted by molar-refractivity contribution is -0.136. The summed E-state index contributed by atoms with van der Waals surface area (Å²) < 4.78 is 13.6. The van der Waals surface area contributed by atoms with Crippen LogP contribution in [0.3, 0.4) is 0 Å². The fourth-order valence-corrected chi connectivity index (χ4v) is 4.45. The van der Waals surface area contributed by atoms with Crippen LogP contribution in [0.25, 0.3) is 5.69 Å². The van der Waals surface area contributed by atoms with Crippen molar-refractivity contribution in [3.63, 3.8) is 0 Å². The molecule has 1 aliphatic rings. The van der Waals surface area contributed by atoms with Crippen LogP contribution in [-0.4, -0.2) is 40.8 Å². The Labute approximate surface area is 196 Å². The van der Waals surface area contributed by atoms with Crippen molar-refractivity contribution in [3.05, 3.63) is 71.4 Å². The van der Waals surface area contributed by atoms with Crippen molar-refractivity contribution in [2.24, 2.45) is 5.92 Å². The first-order chi connectivity index (χ1) is 16.1. The molecule has 0 aliphatic heterocycles. The van der Waals surface area contributed by atoms with Crippen LogP contribution in [-0.2, 0) is 16.1 Å². The van der Waals surface area contributed by atoms with Crippen molar-refractivity contribution in [3.8, 4) is 17.3 Å². The number of amides is 1. The van der Waals surface area contributed by atoms with Crippen molar-refractivity contribution in [1.82, 2.24) is 14.7 Å². The monoisotopic (exact) mass is 447 g/mol. The third-order valence-corrected chi connectivity index (χ3v) is 6.27. The molecule has 2 aromatic carbocycles. The number of methoxy groups -OCH3 is 1. The van der Waals surface area contributed by atoms with Crippen LogP contribution in [0.15, 0.2) is 54.6 Å². The van der Waals surface area contributed by atoms with Gasteiger partial charge >= 0.3 is 0 Å². The largest absolute Gasteiger partial charge is 0.439 e. The Bertz CT molecular complexity index is 1070. The van der Waals surface area contributed by atoms with Gasteiger partial charge in [-0.05, 0) is 56.5 Å². The number of aryl methyl sites for hydroxylation is 2. The second-order valence-corrected chi connectivity index (χ2v) is 8.77. The highest BCUT2D eigenvalue weighted by Gasteiger charge is 2.29. The van der Waals surface area contributed by atoms with Crippen LogP contribution in [0.5, 0.6) is 11.6 Å². The molecule has 1 saturated carbocycles. The highest BCUT2D eigenvalue weighted by molar-refractivity contribution is 5.79. The van der Waals surface area contributed by atoms with Crippen molar-refractivity contribution >= 4 is 5.91 Å². The van der Waals surface area contributed by atoms with Gasteiger partial charge < -0.3 is 14.4 Å². The van der Waals surface area contributed by atoms with Crippen LogP contribution in [0, 0.1) is 19.8 Å². The van der Waals surface area contributed by atoms with E-state index in [1.807, 2.05) is 78.0 Å². The van der Waals surface area contributed by atoms with E-state index in [0.29, 0.717) is 25.6 Å². The van der Waals surface area contributed by atoms with Gasteiger partial charge in [0.1, 0.15) is 5.75 Å². The van der Waals surface area contributed by atoms with Crippen molar-refractivity contribution in [1.29, 1.82) is 0 Å². The third kappa shape index (κ3) is 5.45. The van der Waals surface area contributed by atoms with Crippen LogP contribution < -0.4 is 4.74 Å². The number of nitrogens with zero attached hydrogens (tertiary/aromatic N) is 3. The minimum Gasteiger partial charge on any atom is -0.439 e. The summed E-state index contributed by atoms with van der Waals surface area (Å²) in [6.45, 7) is 5.51. The highest BCUT2D eigenvalue weighted by atomic mass is 16.5. The highest BCUT2D eigenvalue weighted by Crippen LogP contribution is 2.33. The van der Waals surface area contributed by atoms with E-state index >= 15 is 0 Å². The Hall–Kier alpha value is -3.12. The molecule has 0 N–H and O–H groups in total. The Morgan fingerprint density at radius 2 is 1.85 bits per heavy atom. The van der Waals surface area contributed by atoms with E-state index in [1.165, 1.54) is 0 Å². The molecule has 1 amide bonds. The fourth-order valence-electron chi connectivity index (χ4n) is 4.45. The molecule has 0 spiro atoms. The van der Waals surface area contributed by atoms with Crippen LogP contribution in [0.1, 0.15) is 42.5 Å². The summed E-state index contributed by atoms with van der Waals surface area (Å²) in [6, 6.07) is 17.9. The lowest BCUT2D eigenvalue weighted by Gasteiger charge is -2.26. The molecule has 6 nitrogen and oxygen atoms in total. The van der Waals surface area contributed by atoms with E-state index in [2.05, 4.69) is 0 Å². The maximum Gasteiger partial charge on any atom is 0.227 e. The summed E-state index contributed by atoms with van der Waals surface area (Å²) in [5.41, 5.74) is 3.81. The van der Waals surface area contributed by atoms with Crippen LogP contribution >= 0.6 is 0 Å². The first-order valence-corrected chi connectivity index (χ1v) is 11.7. The molecule has 0 saturated heterocycles. The predicted octanol–water partition coefficient (Wildman–Crippen LogP) is 5.45. The molecule has 0 atom stereocenters. The molecule has 1 heterocycles. The Morgan fingerprint density at radius 1 is 1.09 bits per heavy atom. The molecule has 6 heteroatoms. The first-order valence-electron chi connectivity index (χ1n) is 11.7. The quantitative estimate of drug-likeness (QED) is 0.438. The van der Waals surface area contributed by atoms with Crippen molar-refractivity contribution in [2.45, 2.75) is 46.1 Å². The SMILES string of the molecule is COCCN(Cc1c(C)nn(-c2ccccc2)c1Oc1cccc(C)c1)C(=O)C1CCCC1. The van der Waals surface area contributed by atoms with Crippen LogP contribution in [0.2, 0.25) is 0 Å². The number of carbonyl (C=O) groups excluding carboxylic acids is 1. The Morgan fingerprint density at radius 3 is 2.55 bits per heavy atom. The van der Waals surface area contributed by atoms with Gasteiger partial charge in [0.15, 0.2) is 0 Å². The van der Waals surface area contributed by atoms with E-state index in [1.54, 1.807) is 7.11 Å². The number of carbonyl (C=O) groups is 1. The van der Waals surface area contributed by atoms with E-state index in [-0.39, 0.29) is 11.8 Å². The van der Waals surface area contributed by atoms with Crippen molar-refractivity contribution < 1.29 is 14.3 Å². The first kappa shape index (κ1) is 23.1. The third-order valence-electron chi connectivity index (χ3n) is 6.27. The molecule has 0 bridgehead atoms. The van der Waals surface area contributed by atoms with Gasteiger partial charge in [-0.25, -0.2) is 4.68 Å².